The second kappa shape index (κ2) is 9.57. The Kier molecular flexibility index (Phi) is 6.34. The van der Waals surface area contributed by atoms with Gasteiger partial charge < -0.3 is 14.6 Å². The van der Waals surface area contributed by atoms with Crippen molar-refractivity contribution in [1.82, 2.24) is 9.88 Å². The maximum absolute atomic E-state index is 14.1. The molecule has 0 spiro atoms. The number of halogens is 3. The summed E-state index contributed by atoms with van der Waals surface area (Å²) in [5.74, 6) is 0.0772. The predicted molar refractivity (Wildman–Crippen MR) is 135 cm³/mol. The fraction of sp³-hybridized carbons (Fsp3) is 0.429. The summed E-state index contributed by atoms with van der Waals surface area (Å²) >= 11 is 1.62. The van der Waals surface area contributed by atoms with Crippen molar-refractivity contribution in [3.05, 3.63) is 73.7 Å². The van der Waals surface area contributed by atoms with Crippen LogP contribution in [0.1, 0.15) is 68.3 Å². The number of thiazole rings is 1. The number of carbonyl (C=O) groups is 1. The Morgan fingerprint density at radius 3 is 2.84 bits per heavy atom. The summed E-state index contributed by atoms with van der Waals surface area (Å²) in [5, 5.41) is 10.1. The molecule has 10 heteroatoms. The van der Waals surface area contributed by atoms with Crippen molar-refractivity contribution in [3.8, 4) is 11.5 Å². The lowest BCUT2D eigenvalue weighted by molar-refractivity contribution is -0.139. The van der Waals surface area contributed by atoms with Gasteiger partial charge in [0.2, 0.25) is 0 Å². The minimum absolute atomic E-state index is 0.00550. The first-order chi connectivity index (χ1) is 18.2. The van der Waals surface area contributed by atoms with Gasteiger partial charge in [-0.05, 0) is 48.6 Å². The Morgan fingerprint density at radius 2 is 2.05 bits per heavy atom. The van der Waals surface area contributed by atoms with Crippen LogP contribution in [0.25, 0.3) is 0 Å². The SMILES string of the molecule is Cc1nc2c(s1)CN(Cc1c(C(F)(F)F)ccc3c1CC[C@H]3Oc1ccc3c(c1)OCC3CC(=O)O)CC2. The summed E-state index contributed by atoms with van der Waals surface area (Å²) in [6, 6.07) is 8.12. The van der Waals surface area contributed by atoms with Crippen LogP contribution in [0.2, 0.25) is 0 Å². The Bertz CT molecular complexity index is 1400. The highest BCUT2D eigenvalue weighted by atomic mass is 32.1. The number of carboxylic acids is 1. The lowest BCUT2D eigenvalue weighted by Crippen LogP contribution is -2.31. The smallest absolute Gasteiger partial charge is 0.416 e. The average Bonchev–Trinajstić information content (AvgIpc) is 3.54. The third-order valence-corrected chi connectivity index (χ3v) is 8.64. The number of ether oxygens (including phenoxy) is 2. The molecule has 38 heavy (non-hydrogen) atoms. The van der Waals surface area contributed by atoms with E-state index in [0.29, 0.717) is 49.6 Å². The first-order valence-corrected chi connectivity index (χ1v) is 13.5. The van der Waals surface area contributed by atoms with E-state index in [4.69, 9.17) is 14.6 Å². The number of rotatable bonds is 6. The van der Waals surface area contributed by atoms with Gasteiger partial charge >= 0.3 is 12.1 Å². The number of nitrogens with zero attached hydrogens (tertiary/aromatic N) is 2. The van der Waals surface area contributed by atoms with E-state index in [1.165, 1.54) is 6.07 Å². The normalized spacial score (nSPS) is 20.5. The highest BCUT2D eigenvalue weighted by Gasteiger charge is 2.38. The van der Waals surface area contributed by atoms with E-state index in [-0.39, 0.29) is 25.0 Å². The van der Waals surface area contributed by atoms with Gasteiger partial charge in [0, 0.05) is 48.5 Å². The lowest BCUT2D eigenvalue weighted by Gasteiger charge is -2.28. The Hall–Kier alpha value is -3.11. The van der Waals surface area contributed by atoms with Gasteiger partial charge in [0.25, 0.3) is 0 Å². The van der Waals surface area contributed by atoms with Gasteiger partial charge in [0.05, 0.1) is 29.3 Å². The minimum atomic E-state index is -4.44. The molecule has 3 aliphatic rings. The van der Waals surface area contributed by atoms with Crippen LogP contribution < -0.4 is 9.47 Å². The summed E-state index contributed by atoms with van der Waals surface area (Å²) in [6.45, 7) is 3.79. The summed E-state index contributed by atoms with van der Waals surface area (Å²) < 4.78 is 54.2. The number of hydrogen-bond acceptors (Lipinski definition) is 6. The summed E-state index contributed by atoms with van der Waals surface area (Å²) in [5.41, 5.74) is 3.21. The maximum atomic E-state index is 14.1. The van der Waals surface area contributed by atoms with Crippen molar-refractivity contribution < 1.29 is 32.5 Å². The molecule has 0 amide bonds. The first-order valence-electron chi connectivity index (χ1n) is 12.7. The van der Waals surface area contributed by atoms with Gasteiger partial charge in [0.1, 0.15) is 17.6 Å². The van der Waals surface area contributed by atoms with Crippen LogP contribution in [0.3, 0.4) is 0 Å². The lowest BCUT2D eigenvalue weighted by atomic mass is 9.95. The van der Waals surface area contributed by atoms with Crippen molar-refractivity contribution in [3.63, 3.8) is 0 Å². The number of hydrogen-bond donors (Lipinski definition) is 1. The molecule has 2 atom stereocenters. The van der Waals surface area contributed by atoms with Gasteiger partial charge in [-0.15, -0.1) is 11.3 Å². The summed E-state index contributed by atoms with van der Waals surface area (Å²) in [4.78, 5) is 18.9. The van der Waals surface area contributed by atoms with Crippen molar-refractivity contribution in [2.75, 3.05) is 13.2 Å². The third kappa shape index (κ3) is 4.75. The average molecular weight is 545 g/mol. The van der Waals surface area contributed by atoms with Gasteiger partial charge in [-0.3, -0.25) is 9.69 Å². The van der Waals surface area contributed by atoms with Crippen molar-refractivity contribution in [2.45, 2.75) is 63.9 Å². The van der Waals surface area contributed by atoms with Gasteiger partial charge in [0.15, 0.2) is 0 Å². The fourth-order valence-electron chi connectivity index (χ4n) is 5.92. The molecule has 6 nitrogen and oxygen atoms in total. The van der Waals surface area contributed by atoms with Crippen molar-refractivity contribution >= 4 is 17.3 Å². The molecule has 2 aliphatic heterocycles. The van der Waals surface area contributed by atoms with Gasteiger partial charge in [-0.2, -0.15) is 13.2 Å². The second-order valence-electron chi connectivity index (χ2n) is 10.2. The van der Waals surface area contributed by atoms with E-state index >= 15 is 0 Å². The molecule has 0 saturated heterocycles. The number of carboxylic acid groups (broad SMARTS) is 1. The molecule has 3 heterocycles. The second-order valence-corrected chi connectivity index (χ2v) is 11.5. The molecule has 6 rings (SSSR count). The van der Waals surface area contributed by atoms with E-state index in [0.717, 1.165) is 38.7 Å². The van der Waals surface area contributed by atoms with E-state index < -0.39 is 17.7 Å². The molecule has 0 bridgehead atoms. The Labute approximate surface area is 222 Å². The number of alkyl halides is 3. The molecule has 0 fully saturated rings. The van der Waals surface area contributed by atoms with Crippen LogP contribution in [0, 0.1) is 6.92 Å². The Balaban J connectivity index is 1.25. The molecule has 3 aromatic rings. The molecular weight excluding hydrogens is 517 g/mol. The standard InChI is InChI=1S/C28H27F3N2O4S/c1-15-32-23-8-9-33(13-26(23)38-15)12-21-19-5-7-24(20(19)4-6-22(21)28(29,30)31)37-17-2-3-18-16(10-27(34)35)14-36-25(18)11-17/h2-4,6,11,16,24H,5,7-10,12-14H2,1H3,(H,34,35)/t16?,24-/m1/s1. The molecular formula is C28H27F3N2O4S. The highest BCUT2D eigenvalue weighted by molar-refractivity contribution is 7.11. The Morgan fingerprint density at radius 1 is 1.24 bits per heavy atom. The van der Waals surface area contributed by atoms with E-state index in [1.54, 1.807) is 29.5 Å². The van der Waals surface area contributed by atoms with Gasteiger partial charge in [-0.25, -0.2) is 4.98 Å². The quantitative estimate of drug-likeness (QED) is 0.408. The van der Waals surface area contributed by atoms with E-state index in [1.807, 2.05) is 13.0 Å². The zero-order valence-corrected chi connectivity index (χ0v) is 21.6. The van der Waals surface area contributed by atoms with Crippen LogP contribution in [0.4, 0.5) is 13.2 Å². The maximum Gasteiger partial charge on any atom is 0.416 e. The van der Waals surface area contributed by atoms with Crippen LogP contribution in [-0.4, -0.2) is 34.1 Å². The van der Waals surface area contributed by atoms with E-state index in [9.17, 15) is 18.0 Å². The number of benzene rings is 2. The monoisotopic (exact) mass is 544 g/mol. The number of fused-ring (bicyclic) bond motifs is 3. The molecule has 0 saturated carbocycles. The van der Waals surface area contributed by atoms with Crippen LogP contribution in [0.5, 0.6) is 11.5 Å². The van der Waals surface area contributed by atoms with E-state index in [2.05, 4.69) is 9.88 Å². The van der Waals surface area contributed by atoms with Gasteiger partial charge in [-0.1, -0.05) is 12.1 Å². The third-order valence-electron chi connectivity index (χ3n) is 7.64. The largest absolute Gasteiger partial charge is 0.492 e. The zero-order chi connectivity index (χ0) is 26.6. The summed E-state index contributed by atoms with van der Waals surface area (Å²) in [6.07, 6.45) is -2.96. The minimum Gasteiger partial charge on any atom is -0.492 e. The first kappa shape index (κ1) is 25.2. The molecule has 1 unspecified atom stereocenters. The number of aliphatic carboxylic acids is 1. The van der Waals surface area contributed by atoms with Crippen molar-refractivity contribution in [2.24, 2.45) is 0 Å². The van der Waals surface area contributed by atoms with Crippen LogP contribution >= 0.6 is 11.3 Å². The predicted octanol–water partition coefficient (Wildman–Crippen LogP) is 6.05. The molecule has 1 N–H and O–H groups in total. The fourth-order valence-corrected chi connectivity index (χ4v) is 6.94. The van der Waals surface area contributed by atoms with Crippen molar-refractivity contribution in [1.29, 1.82) is 0 Å². The molecule has 200 valence electrons. The summed E-state index contributed by atoms with van der Waals surface area (Å²) in [7, 11) is 0. The molecule has 1 aromatic heterocycles. The molecule has 0 radical (unpaired) electrons. The molecule has 1 aliphatic carbocycles. The number of aryl methyl sites for hydroxylation is 1. The molecule has 2 aromatic carbocycles. The van der Waals surface area contributed by atoms with Crippen LogP contribution in [0.15, 0.2) is 30.3 Å². The highest BCUT2D eigenvalue weighted by Crippen LogP contribution is 2.44. The van der Waals surface area contributed by atoms with Crippen LogP contribution in [-0.2, 0) is 36.9 Å². The zero-order valence-electron chi connectivity index (χ0n) is 20.8. The topological polar surface area (TPSA) is 71.9 Å². The number of aromatic nitrogens is 1.